The van der Waals surface area contributed by atoms with Gasteiger partial charge >= 0.3 is 0 Å². The number of thioether (sulfide) groups is 1. The van der Waals surface area contributed by atoms with Crippen molar-refractivity contribution in [3.8, 4) is 11.5 Å². The Balaban J connectivity index is 1.60. The van der Waals surface area contributed by atoms with Crippen LogP contribution in [0.2, 0.25) is 5.02 Å². The monoisotopic (exact) mass is 391 g/mol. The van der Waals surface area contributed by atoms with Crippen molar-refractivity contribution in [2.45, 2.75) is 6.54 Å². The Hall–Kier alpha value is -2.51. The molecule has 0 spiro atoms. The van der Waals surface area contributed by atoms with Gasteiger partial charge in [0.2, 0.25) is 6.79 Å². The highest BCUT2D eigenvalue weighted by molar-refractivity contribution is 8.18. The Morgan fingerprint density at radius 3 is 2.69 bits per heavy atom. The van der Waals surface area contributed by atoms with Gasteiger partial charge < -0.3 is 9.47 Å². The number of carbonyl (C=O) groups is 2. The zero-order chi connectivity index (χ0) is 18.3. The van der Waals surface area contributed by atoms with E-state index in [-0.39, 0.29) is 23.8 Å². The molecule has 0 aromatic heterocycles. The molecule has 0 bridgehead atoms. The van der Waals surface area contributed by atoms with Gasteiger partial charge in [-0.2, -0.15) is 0 Å². The van der Waals surface area contributed by atoms with E-state index in [1.165, 1.54) is 18.2 Å². The summed E-state index contributed by atoms with van der Waals surface area (Å²) in [5.74, 6) is 0.0840. The van der Waals surface area contributed by atoms with Crippen LogP contribution < -0.4 is 9.47 Å². The summed E-state index contributed by atoms with van der Waals surface area (Å²) in [6, 6.07) is 9.29. The third-order valence-electron chi connectivity index (χ3n) is 3.94. The standard InChI is InChI=1S/C18H11ClFNO4S/c19-12-7-15-14(24-9-25-15)5-11(12)8-21-17(22)16(26-18(21)23)6-10-3-1-2-4-13(10)20/h1-7H,8-9H2/b16-6-. The van der Waals surface area contributed by atoms with Crippen LogP contribution in [0.1, 0.15) is 11.1 Å². The zero-order valence-electron chi connectivity index (χ0n) is 13.2. The molecule has 1 fully saturated rings. The Bertz CT molecular complexity index is 962. The minimum atomic E-state index is -0.489. The SMILES string of the molecule is O=C1S/C(=C\c2ccccc2F)C(=O)N1Cc1cc2c(cc1Cl)OCO2. The van der Waals surface area contributed by atoms with Crippen molar-refractivity contribution in [1.29, 1.82) is 0 Å². The van der Waals surface area contributed by atoms with Gasteiger partial charge in [-0.1, -0.05) is 29.8 Å². The van der Waals surface area contributed by atoms with E-state index >= 15 is 0 Å². The zero-order valence-corrected chi connectivity index (χ0v) is 14.8. The quantitative estimate of drug-likeness (QED) is 0.724. The van der Waals surface area contributed by atoms with E-state index in [2.05, 4.69) is 0 Å². The summed E-state index contributed by atoms with van der Waals surface area (Å²) in [5.41, 5.74) is 0.810. The first kappa shape index (κ1) is 16.9. The number of carbonyl (C=O) groups excluding carboxylic acids is 2. The lowest BCUT2D eigenvalue weighted by atomic mass is 10.1. The van der Waals surface area contributed by atoms with Crippen LogP contribution in [0.25, 0.3) is 6.08 Å². The molecule has 0 saturated carbocycles. The molecule has 1 saturated heterocycles. The van der Waals surface area contributed by atoms with Crippen molar-refractivity contribution < 1.29 is 23.5 Å². The molecular formula is C18H11ClFNO4S. The molecule has 2 heterocycles. The predicted octanol–water partition coefficient (Wildman–Crippen LogP) is 4.44. The number of rotatable bonds is 3. The third kappa shape index (κ3) is 3.04. The first-order valence-electron chi connectivity index (χ1n) is 7.61. The number of hydrogen-bond acceptors (Lipinski definition) is 5. The Kier molecular flexibility index (Phi) is 4.34. The number of benzene rings is 2. The van der Waals surface area contributed by atoms with Crippen LogP contribution in [0.3, 0.4) is 0 Å². The number of imide groups is 1. The number of fused-ring (bicyclic) bond motifs is 1. The van der Waals surface area contributed by atoms with E-state index < -0.39 is 17.0 Å². The Morgan fingerprint density at radius 1 is 1.19 bits per heavy atom. The second-order valence-corrected chi connectivity index (χ2v) is 6.99. The van der Waals surface area contributed by atoms with Gasteiger partial charge in [0.05, 0.1) is 11.4 Å². The third-order valence-corrected chi connectivity index (χ3v) is 5.19. The number of halogens is 2. The lowest BCUT2D eigenvalue weighted by Gasteiger charge is -2.14. The normalized spacial score (nSPS) is 17.5. The molecule has 0 radical (unpaired) electrons. The molecule has 2 aliphatic heterocycles. The van der Waals surface area contributed by atoms with Crippen molar-refractivity contribution in [1.82, 2.24) is 4.90 Å². The van der Waals surface area contributed by atoms with Crippen LogP contribution in [-0.2, 0) is 11.3 Å². The van der Waals surface area contributed by atoms with Crippen molar-refractivity contribution in [3.63, 3.8) is 0 Å². The smallest absolute Gasteiger partial charge is 0.293 e. The summed E-state index contributed by atoms with van der Waals surface area (Å²) in [5, 5.41) is -0.0716. The van der Waals surface area contributed by atoms with E-state index in [1.54, 1.807) is 24.3 Å². The molecular weight excluding hydrogens is 381 g/mol. The van der Waals surface area contributed by atoms with Crippen molar-refractivity contribution >= 4 is 40.6 Å². The topological polar surface area (TPSA) is 55.8 Å². The molecule has 132 valence electrons. The molecule has 0 aliphatic carbocycles. The molecule has 2 aromatic rings. The number of nitrogens with zero attached hydrogens (tertiary/aromatic N) is 1. The largest absolute Gasteiger partial charge is 0.454 e. The minimum Gasteiger partial charge on any atom is -0.454 e. The molecule has 26 heavy (non-hydrogen) atoms. The van der Waals surface area contributed by atoms with E-state index in [9.17, 15) is 14.0 Å². The number of ether oxygens (including phenoxy) is 2. The van der Waals surface area contributed by atoms with Crippen LogP contribution in [0, 0.1) is 5.82 Å². The van der Waals surface area contributed by atoms with E-state index in [0.717, 1.165) is 16.7 Å². The molecule has 5 nitrogen and oxygen atoms in total. The maximum atomic E-state index is 13.8. The summed E-state index contributed by atoms with van der Waals surface area (Å²) in [6.45, 7) is 0.0941. The fraction of sp³-hybridized carbons (Fsp3) is 0.111. The fourth-order valence-electron chi connectivity index (χ4n) is 2.62. The van der Waals surface area contributed by atoms with Crippen molar-refractivity contribution in [2.24, 2.45) is 0 Å². The fourth-order valence-corrected chi connectivity index (χ4v) is 3.66. The predicted molar refractivity (Wildman–Crippen MR) is 95.5 cm³/mol. The van der Waals surface area contributed by atoms with E-state index in [4.69, 9.17) is 21.1 Å². The van der Waals surface area contributed by atoms with Crippen LogP contribution in [0.15, 0.2) is 41.3 Å². The number of amides is 2. The average molecular weight is 392 g/mol. The van der Waals surface area contributed by atoms with Gasteiger partial charge in [0.15, 0.2) is 11.5 Å². The van der Waals surface area contributed by atoms with Gasteiger partial charge in [-0.25, -0.2) is 4.39 Å². The molecule has 4 rings (SSSR count). The summed E-state index contributed by atoms with van der Waals surface area (Å²) in [7, 11) is 0. The molecule has 8 heteroatoms. The Morgan fingerprint density at radius 2 is 1.92 bits per heavy atom. The lowest BCUT2D eigenvalue weighted by molar-refractivity contribution is -0.123. The van der Waals surface area contributed by atoms with E-state index in [1.807, 2.05) is 0 Å². The first-order chi connectivity index (χ1) is 12.5. The summed E-state index contributed by atoms with van der Waals surface area (Å²) in [4.78, 5) is 26.1. The highest BCUT2D eigenvalue weighted by Gasteiger charge is 2.35. The summed E-state index contributed by atoms with van der Waals surface area (Å²) < 4.78 is 24.3. The highest BCUT2D eigenvalue weighted by Crippen LogP contribution is 2.39. The van der Waals surface area contributed by atoms with Gasteiger partial charge in [0.25, 0.3) is 11.1 Å². The van der Waals surface area contributed by atoms with Gasteiger partial charge in [-0.05, 0) is 35.5 Å². The maximum Gasteiger partial charge on any atom is 0.293 e. The molecule has 0 N–H and O–H groups in total. The van der Waals surface area contributed by atoms with Gasteiger partial charge in [-0.3, -0.25) is 14.5 Å². The minimum absolute atomic E-state index is 0.00521. The van der Waals surface area contributed by atoms with E-state index in [0.29, 0.717) is 22.1 Å². The summed E-state index contributed by atoms with van der Waals surface area (Å²) in [6.07, 6.45) is 1.38. The first-order valence-corrected chi connectivity index (χ1v) is 8.80. The molecule has 2 aromatic carbocycles. The van der Waals surface area contributed by atoms with Crippen LogP contribution in [-0.4, -0.2) is 22.8 Å². The molecule has 2 amide bonds. The van der Waals surface area contributed by atoms with Crippen LogP contribution in [0.4, 0.5) is 9.18 Å². The van der Waals surface area contributed by atoms with Crippen molar-refractivity contribution in [3.05, 3.63) is 63.3 Å². The molecule has 2 aliphatic rings. The highest BCUT2D eigenvalue weighted by atomic mass is 35.5. The molecule has 0 atom stereocenters. The second-order valence-electron chi connectivity index (χ2n) is 5.59. The van der Waals surface area contributed by atoms with Crippen LogP contribution in [0.5, 0.6) is 11.5 Å². The lowest BCUT2D eigenvalue weighted by Crippen LogP contribution is -2.27. The van der Waals surface area contributed by atoms with Gasteiger partial charge in [0, 0.05) is 16.7 Å². The Labute approximate surface area is 157 Å². The maximum absolute atomic E-state index is 13.8. The number of hydrogen-bond donors (Lipinski definition) is 0. The van der Waals surface area contributed by atoms with Gasteiger partial charge in [-0.15, -0.1) is 0 Å². The summed E-state index contributed by atoms with van der Waals surface area (Å²) >= 11 is 6.98. The van der Waals surface area contributed by atoms with Crippen molar-refractivity contribution in [2.75, 3.05) is 6.79 Å². The molecule has 0 unspecified atom stereocenters. The second kappa shape index (κ2) is 6.66. The average Bonchev–Trinajstić information content (AvgIpc) is 3.16. The van der Waals surface area contributed by atoms with Gasteiger partial charge in [0.1, 0.15) is 5.82 Å². The van der Waals surface area contributed by atoms with Crippen LogP contribution >= 0.6 is 23.4 Å².